The molecule has 1 aromatic rings. The molecule has 1 aliphatic rings. The first-order chi connectivity index (χ1) is 8.70. The molecular weight excluding hydrogens is 272 g/mol. The molecule has 0 heterocycles. The molecule has 1 fully saturated rings. The summed E-state index contributed by atoms with van der Waals surface area (Å²) in [6.07, 6.45) is 2.32. The van der Waals surface area contributed by atoms with E-state index in [2.05, 4.69) is 18.6 Å². The second kappa shape index (κ2) is 4.83. The fourth-order valence-corrected chi connectivity index (χ4v) is 3.86. The number of halogens is 2. The lowest BCUT2D eigenvalue weighted by molar-refractivity contribution is 0.372. The summed E-state index contributed by atoms with van der Waals surface area (Å²) in [5.74, 6) is -1.71. The third-order valence-corrected chi connectivity index (χ3v) is 5.01. The molecule has 0 radical (unpaired) electrons. The molecule has 1 N–H and O–H groups in total. The first-order valence-electron chi connectivity index (χ1n) is 6.17. The topological polar surface area (TPSA) is 46.2 Å². The number of sulfonamides is 1. The Bertz CT molecular complexity index is 584. The van der Waals surface area contributed by atoms with E-state index in [1.165, 1.54) is 0 Å². The lowest BCUT2D eigenvalue weighted by atomic mass is 9.92. The Morgan fingerprint density at radius 3 is 2.58 bits per heavy atom. The van der Waals surface area contributed by atoms with Crippen LogP contribution in [0.15, 0.2) is 23.1 Å². The van der Waals surface area contributed by atoms with Crippen molar-refractivity contribution >= 4 is 10.0 Å². The van der Waals surface area contributed by atoms with Gasteiger partial charge >= 0.3 is 0 Å². The lowest BCUT2D eigenvalue weighted by Gasteiger charge is -2.18. The van der Waals surface area contributed by atoms with Crippen LogP contribution in [0.4, 0.5) is 8.78 Å². The van der Waals surface area contributed by atoms with Gasteiger partial charge in [0, 0.05) is 6.04 Å². The van der Waals surface area contributed by atoms with Crippen molar-refractivity contribution in [1.29, 1.82) is 0 Å². The lowest BCUT2D eigenvalue weighted by Crippen LogP contribution is -2.34. The average Bonchev–Trinajstić information content (AvgIpc) is 2.60. The van der Waals surface area contributed by atoms with Gasteiger partial charge in [-0.25, -0.2) is 21.9 Å². The van der Waals surface area contributed by atoms with Crippen LogP contribution in [-0.4, -0.2) is 14.5 Å². The summed E-state index contributed by atoms with van der Waals surface area (Å²) in [6.45, 7) is 4.12. The van der Waals surface area contributed by atoms with Crippen LogP contribution < -0.4 is 4.72 Å². The highest BCUT2D eigenvalue weighted by Crippen LogP contribution is 2.37. The largest absolute Gasteiger partial charge is 0.243 e. The highest BCUT2D eigenvalue weighted by molar-refractivity contribution is 7.89. The van der Waals surface area contributed by atoms with Gasteiger partial charge in [-0.1, -0.05) is 13.8 Å². The van der Waals surface area contributed by atoms with Crippen LogP contribution >= 0.6 is 0 Å². The predicted molar refractivity (Wildman–Crippen MR) is 68.1 cm³/mol. The smallest absolute Gasteiger partial charge is 0.208 e. The first kappa shape index (κ1) is 14.4. The van der Waals surface area contributed by atoms with Crippen molar-refractivity contribution in [2.24, 2.45) is 5.41 Å². The van der Waals surface area contributed by atoms with Gasteiger partial charge in [0.2, 0.25) is 10.0 Å². The minimum atomic E-state index is -4.01. The maximum atomic E-state index is 13.5. The normalized spacial score (nSPS) is 22.6. The van der Waals surface area contributed by atoms with Gasteiger partial charge in [0.15, 0.2) is 0 Å². The summed E-state index contributed by atoms with van der Waals surface area (Å²) in [4.78, 5) is -0.628. The van der Waals surface area contributed by atoms with Crippen LogP contribution in [0.2, 0.25) is 0 Å². The molecule has 0 aliphatic heterocycles. The van der Waals surface area contributed by atoms with E-state index < -0.39 is 26.6 Å². The molecule has 0 aromatic heterocycles. The number of hydrogen-bond acceptors (Lipinski definition) is 2. The minimum absolute atomic E-state index is 0.0771. The van der Waals surface area contributed by atoms with E-state index in [1.807, 2.05) is 0 Å². The van der Waals surface area contributed by atoms with Crippen LogP contribution in [0, 0.1) is 17.0 Å². The Hall–Kier alpha value is -1.01. The Morgan fingerprint density at radius 2 is 2.00 bits per heavy atom. The van der Waals surface area contributed by atoms with Gasteiger partial charge < -0.3 is 0 Å². The summed E-state index contributed by atoms with van der Waals surface area (Å²) in [5, 5.41) is 0. The third kappa shape index (κ3) is 3.30. The van der Waals surface area contributed by atoms with E-state index in [4.69, 9.17) is 0 Å². The zero-order chi connectivity index (χ0) is 14.3. The molecular formula is C13H17F2NO2S. The van der Waals surface area contributed by atoms with Gasteiger partial charge in [-0.3, -0.25) is 0 Å². The van der Waals surface area contributed by atoms with Crippen molar-refractivity contribution in [2.45, 2.75) is 44.0 Å². The number of hydrogen-bond donors (Lipinski definition) is 1. The average molecular weight is 289 g/mol. The summed E-state index contributed by atoms with van der Waals surface area (Å²) < 4.78 is 53.1. The van der Waals surface area contributed by atoms with E-state index >= 15 is 0 Å². The highest BCUT2D eigenvalue weighted by Gasteiger charge is 2.34. The predicted octanol–water partition coefficient (Wildman–Crippen LogP) is 2.82. The highest BCUT2D eigenvalue weighted by atomic mass is 32.2. The van der Waals surface area contributed by atoms with Crippen LogP contribution in [0.1, 0.15) is 33.1 Å². The number of rotatable bonds is 3. The second-order valence-electron chi connectivity index (χ2n) is 5.80. The van der Waals surface area contributed by atoms with E-state index in [0.29, 0.717) is 18.9 Å². The molecule has 106 valence electrons. The Labute approximate surface area is 112 Å². The molecule has 3 nitrogen and oxygen atoms in total. The number of nitrogens with one attached hydrogen (secondary N) is 1. The monoisotopic (exact) mass is 289 g/mol. The fourth-order valence-electron chi connectivity index (χ4n) is 2.50. The Kier molecular flexibility index (Phi) is 3.66. The van der Waals surface area contributed by atoms with Crippen LogP contribution in [-0.2, 0) is 10.0 Å². The summed E-state index contributed by atoms with van der Waals surface area (Å²) >= 11 is 0. The summed E-state index contributed by atoms with van der Waals surface area (Å²) in [6, 6.07) is 2.20. The molecule has 2 rings (SSSR count). The zero-order valence-electron chi connectivity index (χ0n) is 10.9. The summed E-state index contributed by atoms with van der Waals surface area (Å²) in [7, 11) is -4.01. The van der Waals surface area contributed by atoms with Crippen molar-refractivity contribution in [1.82, 2.24) is 4.72 Å². The van der Waals surface area contributed by atoms with Gasteiger partial charge in [0.05, 0.1) is 0 Å². The third-order valence-electron chi connectivity index (χ3n) is 3.47. The van der Waals surface area contributed by atoms with E-state index in [1.54, 1.807) is 0 Å². The standard InChI is InChI=1S/C13H17F2NO2S/c1-13(2)6-5-10(8-13)16-19(17,18)12-7-9(14)3-4-11(12)15/h3-4,7,10,16H,5-6,8H2,1-2H3. The van der Waals surface area contributed by atoms with Gasteiger partial charge in [0.1, 0.15) is 16.5 Å². The van der Waals surface area contributed by atoms with Crippen molar-refractivity contribution in [3.63, 3.8) is 0 Å². The SMILES string of the molecule is CC1(C)CCC(NS(=O)(=O)c2cc(F)ccc2F)C1. The maximum Gasteiger partial charge on any atom is 0.243 e. The van der Waals surface area contributed by atoms with E-state index in [9.17, 15) is 17.2 Å². The molecule has 0 spiro atoms. The second-order valence-corrected chi connectivity index (χ2v) is 7.48. The quantitative estimate of drug-likeness (QED) is 0.930. The van der Waals surface area contributed by atoms with E-state index in [-0.39, 0.29) is 11.5 Å². The van der Waals surface area contributed by atoms with Crippen LogP contribution in [0.25, 0.3) is 0 Å². The Morgan fingerprint density at radius 1 is 1.32 bits per heavy atom. The molecule has 0 saturated heterocycles. The van der Waals surface area contributed by atoms with E-state index in [0.717, 1.165) is 18.6 Å². The Balaban J connectivity index is 2.22. The van der Waals surface area contributed by atoms with Gasteiger partial charge in [-0.05, 0) is 42.9 Å². The molecule has 1 atom stereocenters. The maximum absolute atomic E-state index is 13.5. The van der Waals surface area contributed by atoms with Crippen molar-refractivity contribution in [3.8, 4) is 0 Å². The molecule has 1 aromatic carbocycles. The van der Waals surface area contributed by atoms with Gasteiger partial charge in [-0.15, -0.1) is 0 Å². The fraction of sp³-hybridized carbons (Fsp3) is 0.538. The van der Waals surface area contributed by atoms with Gasteiger partial charge in [0.25, 0.3) is 0 Å². The van der Waals surface area contributed by atoms with Crippen molar-refractivity contribution in [2.75, 3.05) is 0 Å². The van der Waals surface area contributed by atoms with Crippen LogP contribution in [0.3, 0.4) is 0 Å². The zero-order valence-corrected chi connectivity index (χ0v) is 11.7. The molecule has 1 aliphatic carbocycles. The first-order valence-corrected chi connectivity index (χ1v) is 7.65. The van der Waals surface area contributed by atoms with Crippen molar-refractivity contribution < 1.29 is 17.2 Å². The molecule has 1 saturated carbocycles. The summed E-state index contributed by atoms with van der Waals surface area (Å²) in [5.41, 5.74) is 0.0771. The van der Waals surface area contributed by atoms with Gasteiger partial charge in [-0.2, -0.15) is 0 Å². The molecule has 1 unspecified atom stereocenters. The minimum Gasteiger partial charge on any atom is -0.208 e. The molecule has 6 heteroatoms. The molecule has 0 amide bonds. The molecule has 19 heavy (non-hydrogen) atoms. The van der Waals surface area contributed by atoms with Crippen LogP contribution in [0.5, 0.6) is 0 Å². The van der Waals surface area contributed by atoms with Crippen molar-refractivity contribution in [3.05, 3.63) is 29.8 Å². The number of benzene rings is 1. The molecule has 0 bridgehead atoms.